The normalized spacial score (nSPS) is 25.7. The van der Waals surface area contributed by atoms with Crippen molar-refractivity contribution < 1.29 is 13.6 Å². The van der Waals surface area contributed by atoms with Crippen LogP contribution in [0.4, 0.5) is 8.78 Å². The maximum Gasteiger partial charge on any atom is 0.260 e. The van der Waals surface area contributed by atoms with Crippen LogP contribution in [-0.4, -0.2) is 36.5 Å². The number of hydrogen-bond donors (Lipinski definition) is 1. The zero-order valence-corrected chi connectivity index (χ0v) is 11.7. The Labute approximate surface area is 118 Å². The minimum absolute atomic E-state index is 0.0648. The van der Waals surface area contributed by atoms with Crippen molar-refractivity contribution in [3.05, 3.63) is 33.8 Å². The summed E-state index contributed by atoms with van der Waals surface area (Å²) in [6, 6.07) is 2.31. The van der Waals surface area contributed by atoms with Crippen LogP contribution in [0.15, 0.2) is 16.6 Å². The fourth-order valence-electron chi connectivity index (χ4n) is 2.99. The van der Waals surface area contributed by atoms with E-state index in [4.69, 9.17) is 0 Å². The van der Waals surface area contributed by atoms with E-state index < -0.39 is 23.1 Å². The molecule has 1 amide bonds. The van der Waals surface area contributed by atoms with Crippen LogP contribution in [0.3, 0.4) is 0 Å². The molecule has 0 bridgehead atoms. The smallest absolute Gasteiger partial charge is 0.260 e. The maximum absolute atomic E-state index is 13.8. The molecule has 3 rings (SSSR count). The molecular weight excluding hydrogens is 318 g/mol. The number of likely N-dealkylation sites (tertiary alicyclic amines) is 1. The van der Waals surface area contributed by atoms with Crippen molar-refractivity contribution in [3.8, 4) is 0 Å². The number of amides is 1. The van der Waals surface area contributed by atoms with Crippen molar-refractivity contribution in [2.45, 2.75) is 12.5 Å². The first-order valence-corrected chi connectivity index (χ1v) is 7.03. The molecule has 2 saturated heterocycles. The van der Waals surface area contributed by atoms with Crippen LogP contribution in [0, 0.1) is 17.6 Å². The highest BCUT2D eigenvalue weighted by Crippen LogP contribution is 2.30. The third-order valence-corrected chi connectivity index (χ3v) is 4.38. The molecule has 0 aromatic heterocycles. The summed E-state index contributed by atoms with van der Waals surface area (Å²) in [5, 5.41) is 3.21. The summed E-state index contributed by atoms with van der Waals surface area (Å²) in [5.41, 5.74) is -0.448. The van der Waals surface area contributed by atoms with Gasteiger partial charge in [-0.05, 0) is 24.5 Å². The van der Waals surface area contributed by atoms with Gasteiger partial charge in [-0.3, -0.25) is 4.79 Å². The van der Waals surface area contributed by atoms with Crippen molar-refractivity contribution >= 4 is 21.8 Å². The number of rotatable bonds is 1. The second kappa shape index (κ2) is 4.83. The quantitative estimate of drug-likeness (QED) is 0.855. The van der Waals surface area contributed by atoms with E-state index in [2.05, 4.69) is 21.2 Å². The summed E-state index contributed by atoms with van der Waals surface area (Å²) in [7, 11) is 0. The molecule has 3 nitrogen and oxygen atoms in total. The first-order chi connectivity index (χ1) is 9.08. The third kappa shape index (κ3) is 2.17. The topological polar surface area (TPSA) is 32.3 Å². The van der Waals surface area contributed by atoms with Crippen LogP contribution in [0.25, 0.3) is 0 Å². The minimum atomic E-state index is -0.814. The van der Waals surface area contributed by atoms with E-state index >= 15 is 0 Å². The van der Waals surface area contributed by atoms with Gasteiger partial charge in [-0.15, -0.1) is 0 Å². The number of hydrogen-bond acceptors (Lipinski definition) is 2. The molecule has 2 aliphatic heterocycles. The number of carbonyl (C=O) groups excluding carboxylic acids is 1. The lowest BCUT2D eigenvalue weighted by molar-refractivity contribution is 0.0727. The monoisotopic (exact) mass is 330 g/mol. The summed E-state index contributed by atoms with van der Waals surface area (Å²) in [6.07, 6.45) is 0.892. The summed E-state index contributed by atoms with van der Waals surface area (Å²) in [5.74, 6) is -1.76. The van der Waals surface area contributed by atoms with Gasteiger partial charge in [-0.25, -0.2) is 8.78 Å². The molecule has 1 N–H and O–H groups in total. The summed E-state index contributed by atoms with van der Waals surface area (Å²) >= 11 is 3.01. The van der Waals surface area contributed by atoms with Crippen LogP contribution in [0.2, 0.25) is 0 Å². The second-order valence-electron chi connectivity index (χ2n) is 5.02. The Kier molecular flexibility index (Phi) is 3.30. The second-order valence-corrected chi connectivity index (χ2v) is 5.93. The van der Waals surface area contributed by atoms with Gasteiger partial charge in [0.2, 0.25) is 0 Å². The maximum atomic E-state index is 13.8. The van der Waals surface area contributed by atoms with Crippen molar-refractivity contribution in [2.75, 3.05) is 19.6 Å². The van der Waals surface area contributed by atoms with Crippen LogP contribution < -0.4 is 5.32 Å². The van der Waals surface area contributed by atoms with E-state index in [9.17, 15) is 13.6 Å². The molecule has 2 heterocycles. The van der Waals surface area contributed by atoms with E-state index in [1.54, 1.807) is 4.90 Å². The molecule has 102 valence electrons. The van der Waals surface area contributed by atoms with E-state index in [0.717, 1.165) is 25.1 Å². The van der Waals surface area contributed by atoms with Gasteiger partial charge < -0.3 is 10.2 Å². The standard InChI is InChI=1S/C13H13BrF2N2O/c14-8-3-9(15)12(10(16)4-8)13(19)18-2-1-7-5-17-6-11(7)18/h3-4,7,11,17H,1-2,5-6H2/t7-,11+/m0/s1. The average Bonchev–Trinajstić information content (AvgIpc) is 2.87. The average molecular weight is 331 g/mol. The lowest BCUT2D eigenvalue weighted by Crippen LogP contribution is -2.39. The summed E-state index contributed by atoms with van der Waals surface area (Å²) in [6.45, 7) is 2.15. The molecule has 0 saturated carbocycles. The number of halogens is 3. The van der Waals surface area contributed by atoms with Crippen LogP contribution in [0.1, 0.15) is 16.8 Å². The Morgan fingerprint density at radius 3 is 2.68 bits per heavy atom. The molecule has 19 heavy (non-hydrogen) atoms. The molecule has 2 aliphatic rings. The summed E-state index contributed by atoms with van der Waals surface area (Å²) < 4.78 is 27.9. The van der Waals surface area contributed by atoms with E-state index in [1.165, 1.54) is 0 Å². The molecule has 0 aliphatic carbocycles. The predicted molar refractivity (Wildman–Crippen MR) is 69.9 cm³/mol. The lowest BCUT2D eigenvalue weighted by Gasteiger charge is -2.23. The molecule has 2 fully saturated rings. The van der Waals surface area contributed by atoms with E-state index in [1.807, 2.05) is 0 Å². The number of nitrogens with one attached hydrogen (secondary N) is 1. The highest BCUT2D eigenvalue weighted by atomic mass is 79.9. The fraction of sp³-hybridized carbons (Fsp3) is 0.462. The largest absolute Gasteiger partial charge is 0.334 e. The molecule has 6 heteroatoms. The van der Waals surface area contributed by atoms with Gasteiger partial charge in [0.15, 0.2) is 0 Å². The third-order valence-electron chi connectivity index (χ3n) is 3.93. The van der Waals surface area contributed by atoms with Crippen molar-refractivity contribution in [2.24, 2.45) is 5.92 Å². The lowest BCUT2D eigenvalue weighted by atomic mass is 10.0. The van der Waals surface area contributed by atoms with Gasteiger partial charge in [-0.1, -0.05) is 15.9 Å². The molecule has 0 spiro atoms. The highest BCUT2D eigenvalue weighted by molar-refractivity contribution is 9.10. The van der Waals surface area contributed by atoms with Crippen molar-refractivity contribution in [3.63, 3.8) is 0 Å². The zero-order chi connectivity index (χ0) is 13.6. The Morgan fingerprint density at radius 1 is 1.32 bits per heavy atom. The van der Waals surface area contributed by atoms with Gasteiger partial charge in [0.05, 0.1) is 0 Å². The Morgan fingerprint density at radius 2 is 2.00 bits per heavy atom. The van der Waals surface area contributed by atoms with Crippen molar-refractivity contribution in [1.29, 1.82) is 0 Å². The molecule has 0 radical (unpaired) electrons. The van der Waals surface area contributed by atoms with Gasteiger partial charge in [0.25, 0.3) is 5.91 Å². The zero-order valence-electron chi connectivity index (χ0n) is 10.1. The number of benzene rings is 1. The fourth-order valence-corrected chi connectivity index (χ4v) is 3.39. The number of fused-ring (bicyclic) bond motifs is 1. The summed E-state index contributed by atoms with van der Waals surface area (Å²) in [4.78, 5) is 13.9. The highest BCUT2D eigenvalue weighted by Gasteiger charge is 2.41. The van der Waals surface area contributed by atoms with Crippen LogP contribution in [-0.2, 0) is 0 Å². The van der Waals surface area contributed by atoms with Gasteiger partial charge >= 0.3 is 0 Å². The first kappa shape index (κ1) is 13.0. The molecule has 0 unspecified atom stereocenters. The Balaban J connectivity index is 1.92. The predicted octanol–water partition coefficient (Wildman–Crippen LogP) is 2.16. The van der Waals surface area contributed by atoms with Crippen LogP contribution in [0.5, 0.6) is 0 Å². The molecule has 1 aromatic carbocycles. The van der Waals surface area contributed by atoms with Crippen LogP contribution >= 0.6 is 15.9 Å². The van der Waals surface area contributed by atoms with E-state index in [0.29, 0.717) is 23.5 Å². The first-order valence-electron chi connectivity index (χ1n) is 6.24. The van der Waals surface area contributed by atoms with E-state index in [-0.39, 0.29) is 6.04 Å². The Hall–Kier alpha value is -1.01. The van der Waals surface area contributed by atoms with Gasteiger partial charge in [-0.2, -0.15) is 0 Å². The number of carbonyl (C=O) groups is 1. The Bertz CT molecular complexity index is 514. The molecular formula is C13H13BrF2N2O. The minimum Gasteiger partial charge on any atom is -0.334 e. The van der Waals surface area contributed by atoms with Gasteiger partial charge in [0.1, 0.15) is 17.2 Å². The molecule has 1 aromatic rings. The van der Waals surface area contributed by atoms with Gasteiger partial charge in [0, 0.05) is 30.1 Å². The molecule has 2 atom stereocenters. The SMILES string of the molecule is O=C(c1c(F)cc(Br)cc1F)N1CC[C@H]2CNC[C@H]21. The number of nitrogens with zero attached hydrogens (tertiary/aromatic N) is 1. The van der Waals surface area contributed by atoms with Crippen molar-refractivity contribution in [1.82, 2.24) is 10.2 Å².